The molecule has 7 heteroatoms. The fourth-order valence-corrected chi connectivity index (χ4v) is 2.39. The molecule has 3 aromatic rings. The third kappa shape index (κ3) is 3.82. The third-order valence-corrected chi connectivity index (χ3v) is 3.62. The molecule has 1 aromatic heterocycles. The van der Waals surface area contributed by atoms with E-state index < -0.39 is 29.9 Å². The van der Waals surface area contributed by atoms with Crippen LogP contribution in [0.1, 0.15) is 16.8 Å². The van der Waals surface area contributed by atoms with Crippen LogP contribution in [0.5, 0.6) is 0 Å². The number of hydrogen-bond donors (Lipinski definition) is 0. The molecule has 0 aliphatic rings. The first-order valence-corrected chi connectivity index (χ1v) is 7.57. The van der Waals surface area contributed by atoms with Crippen LogP contribution in [0.2, 0.25) is 0 Å². The number of aryl methyl sites for hydroxylation is 1. The van der Waals surface area contributed by atoms with E-state index in [9.17, 15) is 18.8 Å². The fourth-order valence-electron chi connectivity index (χ4n) is 2.39. The molecule has 0 amide bonds. The number of benzene rings is 2. The number of Topliss-reactive ketones (excluding diaryl/α,β-unsaturated/α-hetero) is 1. The Hall–Kier alpha value is -3.22. The zero-order valence-corrected chi connectivity index (χ0v) is 13.1. The Balaban J connectivity index is 1.57. The number of oxazole rings is 1. The summed E-state index contributed by atoms with van der Waals surface area (Å²) in [6, 6.07) is 12.0. The summed E-state index contributed by atoms with van der Waals surface area (Å²) in [5.41, 5.74) is 1.14. The normalized spacial score (nSPS) is 10.8. The summed E-state index contributed by atoms with van der Waals surface area (Å²) in [7, 11) is 0. The van der Waals surface area contributed by atoms with E-state index >= 15 is 0 Å². The van der Waals surface area contributed by atoms with Crippen LogP contribution in [0, 0.1) is 5.82 Å². The van der Waals surface area contributed by atoms with Crippen LogP contribution in [-0.2, 0) is 16.1 Å². The van der Waals surface area contributed by atoms with Gasteiger partial charge in [0.2, 0.25) is 0 Å². The van der Waals surface area contributed by atoms with E-state index in [0.717, 1.165) is 6.07 Å². The van der Waals surface area contributed by atoms with E-state index in [1.165, 1.54) is 22.8 Å². The number of nitrogens with zero attached hydrogens (tertiary/aromatic N) is 1. The molecule has 0 atom stereocenters. The highest BCUT2D eigenvalue weighted by Gasteiger charge is 2.13. The van der Waals surface area contributed by atoms with Gasteiger partial charge in [0, 0.05) is 12.1 Å². The summed E-state index contributed by atoms with van der Waals surface area (Å²) in [5, 5.41) is 0. The highest BCUT2D eigenvalue weighted by molar-refractivity contribution is 5.97. The number of carbonyl (C=O) groups excluding carboxylic acids is 2. The number of hydrogen-bond acceptors (Lipinski definition) is 5. The number of ether oxygens (including phenoxy) is 1. The highest BCUT2D eigenvalue weighted by atomic mass is 19.1. The first-order chi connectivity index (χ1) is 12.0. The van der Waals surface area contributed by atoms with Gasteiger partial charge in [0.1, 0.15) is 5.82 Å². The second kappa shape index (κ2) is 7.12. The van der Waals surface area contributed by atoms with E-state index in [4.69, 9.17) is 9.15 Å². The molecule has 0 bridgehead atoms. The maximum absolute atomic E-state index is 13.1. The Morgan fingerprint density at radius 1 is 1.12 bits per heavy atom. The Bertz CT molecular complexity index is 988. The summed E-state index contributed by atoms with van der Waals surface area (Å²) in [4.78, 5) is 35.4. The number of rotatable bonds is 6. The summed E-state index contributed by atoms with van der Waals surface area (Å²) in [6.07, 6.45) is -0.0974. The molecule has 0 saturated carbocycles. The van der Waals surface area contributed by atoms with Gasteiger partial charge in [-0.05, 0) is 24.3 Å². The van der Waals surface area contributed by atoms with E-state index in [2.05, 4.69) is 0 Å². The van der Waals surface area contributed by atoms with Gasteiger partial charge in [0.25, 0.3) is 0 Å². The summed E-state index contributed by atoms with van der Waals surface area (Å²) in [6.45, 7) is -0.411. The Labute approximate surface area is 141 Å². The number of esters is 1. The van der Waals surface area contributed by atoms with Crippen LogP contribution in [0.15, 0.2) is 57.7 Å². The zero-order chi connectivity index (χ0) is 17.8. The van der Waals surface area contributed by atoms with Crippen LogP contribution < -0.4 is 5.76 Å². The number of para-hydroxylation sites is 2. The van der Waals surface area contributed by atoms with Crippen molar-refractivity contribution >= 4 is 22.9 Å². The first-order valence-electron chi connectivity index (χ1n) is 7.57. The molecule has 0 unspecified atom stereocenters. The van der Waals surface area contributed by atoms with Crippen molar-refractivity contribution in [3.8, 4) is 0 Å². The Morgan fingerprint density at radius 3 is 2.72 bits per heavy atom. The molecule has 6 nitrogen and oxygen atoms in total. The third-order valence-electron chi connectivity index (χ3n) is 3.62. The van der Waals surface area contributed by atoms with E-state index in [1.807, 2.05) is 0 Å². The van der Waals surface area contributed by atoms with Crippen molar-refractivity contribution in [1.82, 2.24) is 4.57 Å². The predicted octanol–water partition coefficient (Wildman–Crippen LogP) is 2.55. The van der Waals surface area contributed by atoms with Gasteiger partial charge in [0.05, 0.1) is 11.9 Å². The Morgan fingerprint density at radius 2 is 1.92 bits per heavy atom. The molecular formula is C18H14FNO5. The average molecular weight is 343 g/mol. The number of carbonyl (C=O) groups is 2. The number of ketones is 1. The SMILES string of the molecule is O=C(CCn1c(=O)oc2ccccc21)OCC(=O)c1cccc(F)c1. The molecule has 1 heterocycles. The quantitative estimate of drug-likeness (QED) is 0.508. The highest BCUT2D eigenvalue weighted by Crippen LogP contribution is 2.12. The van der Waals surface area contributed by atoms with Crippen LogP contribution in [0.25, 0.3) is 11.1 Å². The van der Waals surface area contributed by atoms with Gasteiger partial charge in [-0.15, -0.1) is 0 Å². The molecule has 0 saturated heterocycles. The number of aromatic nitrogens is 1. The lowest BCUT2D eigenvalue weighted by Crippen LogP contribution is -2.19. The lowest BCUT2D eigenvalue weighted by Gasteiger charge is -2.05. The standard InChI is InChI=1S/C18H14FNO5/c19-13-5-3-4-12(10-13)15(21)11-24-17(22)8-9-20-14-6-1-2-7-16(14)25-18(20)23/h1-7,10H,8-9,11H2. The lowest BCUT2D eigenvalue weighted by molar-refractivity contribution is -0.142. The number of halogens is 1. The monoisotopic (exact) mass is 343 g/mol. The molecule has 2 aromatic carbocycles. The van der Waals surface area contributed by atoms with E-state index in [-0.39, 0.29) is 18.5 Å². The molecule has 0 fully saturated rings. The van der Waals surface area contributed by atoms with Gasteiger partial charge in [-0.3, -0.25) is 14.2 Å². The van der Waals surface area contributed by atoms with Gasteiger partial charge < -0.3 is 9.15 Å². The Kier molecular flexibility index (Phi) is 4.74. The van der Waals surface area contributed by atoms with Crippen LogP contribution >= 0.6 is 0 Å². The largest absolute Gasteiger partial charge is 0.457 e. The van der Waals surface area contributed by atoms with Crippen molar-refractivity contribution in [1.29, 1.82) is 0 Å². The molecular weight excluding hydrogens is 329 g/mol. The maximum atomic E-state index is 13.1. The van der Waals surface area contributed by atoms with Crippen molar-refractivity contribution < 1.29 is 23.1 Å². The van der Waals surface area contributed by atoms with Gasteiger partial charge in [-0.1, -0.05) is 24.3 Å². The summed E-state index contributed by atoms with van der Waals surface area (Å²) < 4.78 is 24.3. The number of fused-ring (bicyclic) bond motifs is 1. The molecule has 3 rings (SSSR count). The molecule has 128 valence electrons. The summed E-state index contributed by atoms with van der Waals surface area (Å²) in [5.74, 6) is -2.24. The van der Waals surface area contributed by atoms with Crippen LogP contribution in [0.3, 0.4) is 0 Å². The minimum Gasteiger partial charge on any atom is -0.457 e. The predicted molar refractivity (Wildman–Crippen MR) is 86.8 cm³/mol. The van der Waals surface area contributed by atoms with Gasteiger partial charge in [-0.2, -0.15) is 0 Å². The van der Waals surface area contributed by atoms with Crippen LogP contribution in [0.4, 0.5) is 4.39 Å². The topological polar surface area (TPSA) is 78.5 Å². The zero-order valence-electron chi connectivity index (χ0n) is 13.1. The van der Waals surface area contributed by atoms with E-state index in [1.54, 1.807) is 24.3 Å². The average Bonchev–Trinajstić information content (AvgIpc) is 2.93. The van der Waals surface area contributed by atoms with Crippen molar-refractivity contribution in [2.75, 3.05) is 6.61 Å². The molecule has 0 aliphatic heterocycles. The van der Waals surface area contributed by atoms with Gasteiger partial charge in [-0.25, -0.2) is 9.18 Å². The van der Waals surface area contributed by atoms with Crippen molar-refractivity contribution in [3.63, 3.8) is 0 Å². The van der Waals surface area contributed by atoms with Crippen molar-refractivity contribution in [2.24, 2.45) is 0 Å². The van der Waals surface area contributed by atoms with Crippen LogP contribution in [-0.4, -0.2) is 22.9 Å². The molecule has 0 N–H and O–H groups in total. The molecule has 0 radical (unpaired) electrons. The second-order valence-corrected chi connectivity index (χ2v) is 5.33. The minimum absolute atomic E-state index is 0.0723. The fraction of sp³-hybridized carbons (Fsp3) is 0.167. The smallest absolute Gasteiger partial charge is 0.419 e. The molecule has 0 spiro atoms. The first kappa shape index (κ1) is 16.6. The summed E-state index contributed by atoms with van der Waals surface area (Å²) >= 11 is 0. The molecule has 0 aliphatic carbocycles. The van der Waals surface area contributed by atoms with Crippen molar-refractivity contribution in [2.45, 2.75) is 13.0 Å². The van der Waals surface area contributed by atoms with Gasteiger partial charge >= 0.3 is 11.7 Å². The van der Waals surface area contributed by atoms with Gasteiger partial charge in [0.15, 0.2) is 18.0 Å². The molecule has 25 heavy (non-hydrogen) atoms. The second-order valence-electron chi connectivity index (χ2n) is 5.33. The minimum atomic E-state index is -0.637. The lowest BCUT2D eigenvalue weighted by atomic mass is 10.1. The van der Waals surface area contributed by atoms with Crippen molar-refractivity contribution in [3.05, 3.63) is 70.5 Å². The van der Waals surface area contributed by atoms with E-state index in [0.29, 0.717) is 11.1 Å². The maximum Gasteiger partial charge on any atom is 0.419 e.